The van der Waals surface area contributed by atoms with Crippen molar-refractivity contribution in [1.82, 2.24) is 4.90 Å². The maximum Gasteiger partial charge on any atom is 0.338 e. The third kappa shape index (κ3) is 4.97. The van der Waals surface area contributed by atoms with E-state index in [1.54, 1.807) is 0 Å². The molecule has 0 unspecified atom stereocenters. The minimum Gasteiger partial charge on any atom is -0.457 e. The van der Waals surface area contributed by atoms with Crippen molar-refractivity contribution in [3.63, 3.8) is 0 Å². The van der Waals surface area contributed by atoms with Crippen LogP contribution in [0.1, 0.15) is 51.9 Å². The largest absolute Gasteiger partial charge is 0.457 e. The summed E-state index contributed by atoms with van der Waals surface area (Å²) in [5, 5.41) is 0. The molecule has 1 fully saturated rings. The quantitative estimate of drug-likeness (QED) is 0.420. The minimum absolute atomic E-state index is 0.287. The lowest BCUT2D eigenvalue weighted by Crippen LogP contribution is -2.28. The fourth-order valence-electron chi connectivity index (χ4n) is 3.33. The lowest BCUT2D eigenvalue weighted by molar-refractivity contribution is 0.0471. The van der Waals surface area contributed by atoms with Gasteiger partial charge in [0.05, 0.1) is 17.6 Å². The predicted octanol–water partition coefficient (Wildman–Crippen LogP) is 5.11. The maximum absolute atomic E-state index is 12.5. The summed E-state index contributed by atoms with van der Waals surface area (Å²) >= 11 is 0. The number of hydrogen-bond donors (Lipinski definition) is 0. The summed E-state index contributed by atoms with van der Waals surface area (Å²) in [6.45, 7) is 8.38. The van der Waals surface area contributed by atoms with Crippen LogP contribution in [-0.2, 0) is 11.3 Å². The van der Waals surface area contributed by atoms with Crippen LogP contribution < -0.4 is 0 Å². The molecule has 1 aliphatic heterocycles. The molecule has 0 bridgehead atoms. The summed E-state index contributed by atoms with van der Waals surface area (Å²) in [7, 11) is 0. The van der Waals surface area contributed by atoms with Gasteiger partial charge in [-0.05, 0) is 74.4 Å². The zero-order chi connectivity index (χ0) is 19.2. The van der Waals surface area contributed by atoms with Crippen LogP contribution in [0.4, 0.5) is 5.69 Å². The molecule has 4 heteroatoms. The van der Waals surface area contributed by atoms with E-state index in [0.29, 0.717) is 12.2 Å². The molecule has 2 aromatic carbocycles. The van der Waals surface area contributed by atoms with E-state index in [1.165, 1.54) is 19.3 Å². The SMILES string of the molecule is Cc1ccccc1COC(=O)c1cc(C)c(/N=C/N2CCCCC2)cc1C. The fourth-order valence-corrected chi connectivity index (χ4v) is 3.33. The van der Waals surface area contributed by atoms with Crippen LogP contribution in [0.2, 0.25) is 0 Å². The first kappa shape index (κ1) is 19.2. The van der Waals surface area contributed by atoms with Crippen molar-refractivity contribution < 1.29 is 9.53 Å². The topological polar surface area (TPSA) is 41.9 Å². The average molecular weight is 364 g/mol. The van der Waals surface area contributed by atoms with E-state index in [0.717, 1.165) is 41.0 Å². The van der Waals surface area contributed by atoms with E-state index in [1.807, 2.05) is 63.5 Å². The summed E-state index contributed by atoms with van der Waals surface area (Å²) in [6, 6.07) is 11.8. The van der Waals surface area contributed by atoms with Crippen molar-refractivity contribution >= 4 is 18.0 Å². The third-order valence-electron chi connectivity index (χ3n) is 5.13. The van der Waals surface area contributed by atoms with Gasteiger partial charge in [0, 0.05) is 13.1 Å². The highest BCUT2D eigenvalue weighted by Crippen LogP contribution is 2.24. The number of hydrogen-bond acceptors (Lipinski definition) is 3. The first-order chi connectivity index (χ1) is 13.0. The molecule has 4 nitrogen and oxygen atoms in total. The van der Waals surface area contributed by atoms with Crippen LogP contribution in [0.15, 0.2) is 41.4 Å². The number of piperidine rings is 1. The van der Waals surface area contributed by atoms with Crippen molar-refractivity contribution in [2.75, 3.05) is 13.1 Å². The Balaban J connectivity index is 1.69. The Hall–Kier alpha value is -2.62. The van der Waals surface area contributed by atoms with Gasteiger partial charge in [0.2, 0.25) is 0 Å². The molecule has 0 aliphatic carbocycles. The van der Waals surface area contributed by atoms with Gasteiger partial charge in [0.15, 0.2) is 0 Å². The molecule has 3 rings (SSSR count). The second kappa shape index (κ2) is 8.85. The van der Waals surface area contributed by atoms with Gasteiger partial charge in [0.1, 0.15) is 6.61 Å². The number of nitrogens with zero attached hydrogens (tertiary/aromatic N) is 2. The Labute approximate surface area is 161 Å². The molecule has 2 aromatic rings. The van der Waals surface area contributed by atoms with E-state index in [9.17, 15) is 4.79 Å². The van der Waals surface area contributed by atoms with Gasteiger partial charge in [-0.1, -0.05) is 24.3 Å². The highest BCUT2D eigenvalue weighted by Gasteiger charge is 2.14. The Morgan fingerprint density at radius 3 is 2.52 bits per heavy atom. The van der Waals surface area contributed by atoms with E-state index in [4.69, 9.17) is 4.74 Å². The molecule has 1 heterocycles. The van der Waals surface area contributed by atoms with Crippen LogP contribution in [0, 0.1) is 20.8 Å². The monoisotopic (exact) mass is 364 g/mol. The molecule has 0 radical (unpaired) electrons. The fraction of sp³-hybridized carbons (Fsp3) is 0.391. The van der Waals surface area contributed by atoms with Gasteiger partial charge in [-0.3, -0.25) is 0 Å². The molecule has 0 atom stereocenters. The van der Waals surface area contributed by atoms with Crippen LogP contribution in [0.3, 0.4) is 0 Å². The summed E-state index contributed by atoms with van der Waals surface area (Å²) in [5.41, 5.74) is 5.55. The molecule has 0 amide bonds. The van der Waals surface area contributed by atoms with Gasteiger partial charge in [0.25, 0.3) is 0 Å². The molecule has 0 N–H and O–H groups in total. The van der Waals surface area contributed by atoms with E-state index in [-0.39, 0.29) is 5.97 Å². The molecular weight excluding hydrogens is 336 g/mol. The number of benzene rings is 2. The van der Waals surface area contributed by atoms with Gasteiger partial charge in [-0.15, -0.1) is 0 Å². The van der Waals surface area contributed by atoms with E-state index < -0.39 is 0 Å². The lowest BCUT2D eigenvalue weighted by atomic mass is 10.0. The number of aryl methyl sites for hydroxylation is 3. The van der Waals surface area contributed by atoms with Crippen molar-refractivity contribution in [1.29, 1.82) is 0 Å². The van der Waals surface area contributed by atoms with E-state index in [2.05, 4.69) is 9.89 Å². The molecule has 0 aromatic heterocycles. The first-order valence-electron chi connectivity index (χ1n) is 9.65. The van der Waals surface area contributed by atoms with Crippen LogP contribution >= 0.6 is 0 Å². The molecule has 142 valence electrons. The molecule has 1 aliphatic rings. The molecule has 0 spiro atoms. The Morgan fingerprint density at radius 1 is 1.04 bits per heavy atom. The molecule has 1 saturated heterocycles. The normalized spacial score (nSPS) is 14.6. The zero-order valence-corrected chi connectivity index (χ0v) is 16.5. The van der Waals surface area contributed by atoms with Gasteiger partial charge < -0.3 is 9.64 Å². The first-order valence-corrected chi connectivity index (χ1v) is 9.65. The van der Waals surface area contributed by atoms with Gasteiger partial charge in [-0.2, -0.15) is 0 Å². The van der Waals surface area contributed by atoms with Crippen molar-refractivity contribution in [3.05, 3.63) is 64.2 Å². The zero-order valence-electron chi connectivity index (χ0n) is 16.5. The number of carbonyl (C=O) groups excluding carboxylic acids is 1. The summed E-state index contributed by atoms with van der Waals surface area (Å²) in [5.74, 6) is -0.287. The van der Waals surface area contributed by atoms with Crippen LogP contribution in [-0.4, -0.2) is 30.3 Å². The van der Waals surface area contributed by atoms with Crippen molar-refractivity contribution in [2.24, 2.45) is 4.99 Å². The molecular formula is C23H28N2O2. The number of esters is 1. The number of aliphatic imine (C=N–C) groups is 1. The van der Waals surface area contributed by atoms with Gasteiger partial charge in [-0.25, -0.2) is 9.79 Å². The number of carbonyl (C=O) groups is 1. The lowest BCUT2D eigenvalue weighted by Gasteiger charge is -2.23. The number of likely N-dealkylation sites (tertiary alicyclic amines) is 1. The van der Waals surface area contributed by atoms with Crippen LogP contribution in [0.5, 0.6) is 0 Å². The maximum atomic E-state index is 12.5. The molecule has 27 heavy (non-hydrogen) atoms. The Kier molecular flexibility index (Phi) is 6.28. The second-order valence-electron chi connectivity index (χ2n) is 7.30. The highest BCUT2D eigenvalue weighted by atomic mass is 16.5. The Bertz CT molecular complexity index is 836. The molecule has 0 saturated carbocycles. The highest BCUT2D eigenvalue weighted by molar-refractivity contribution is 5.92. The summed E-state index contributed by atoms with van der Waals surface area (Å²) in [4.78, 5) is 19.5. The standard InChI is InChI=1S/C23H28N2O2/c1-17-9-5-6-10-20(17)15-27-23(26)21-13-19(3)22(14-18(21)2)24-16-25-11-7-4-8-12-25/h5-6,9-10,13-14,16H,4,7-8,11-12,15H2,1-3H3/b24-16+. The smallest absolute Gasteiger partial charge is 0.338 e. The minimum atomic E-state index is -0.287. The number of ether oxygens (including phenoxy) is 1. The van der Waals surface area contributed by atoms with Crippen LogP contribution in [0.25, 0.3) is 0 Å². The average Bonchev–Trinajstić information content (AvgIpc) is 2.68. The van der Waals surface area contributed by atoms with Crippen molar-refractivity contribution in [3.8, 4) is 0 Å². The van der Waals surface area contributed by atoms with Crippen molar-refractivity contribution in [2.45, 2.75) is 46.6 Å². The summed E-state index contributed by atoms with van der Waals surface area (Å²) in [6.07, 6.45) is 5.71. The van der Waals surface area contributed by atoms with E-state index >= 15 is 0 Å². The Morgan fingerprint density at radius 2 is 1.78 bits per heavy atom. The number of rotatable bonds is 5. The van der Waals surface area contributed by atoms with Gasteiger partial charge >= 0.3 is 5.97 Å². The second-order valence-corrected chi connectivity index (χ2v) is 7.30. The predicted molar refractivity (Wildman–Crippen MR) is 110 cm³/mol. The summed E-state index contributed by atoms with van der Waals surface area (Å²) < 4.78 is 5.54. The third-order valence-corrected chi connectivity index (χ3v) is 5.13.